The van der Waals surface area contributed by atoms with Crippen molar-refractivity contribution in [2.45, 2.75) is 70.6 Å². The highest BCUT2D eigenvalue weighted by Gasteiger charge is 2.43. The first-order valence-corrected chi connectivity index (χ1v) is 7.53. The summed E-state index contributed by atoms with van der Waals surface area (Å²) in [5, 5.41) is 2.88. The summed E-state index contributed by atoms with van der Waals surface area (Å²) in [5.74, 6) is 0.0186. The lowest BCUT2D eigenvalue weighted by atomic mass is 9.90. The Kier molecular flexibility index (Phi) is 4.09. The van der Waals surface area contributed by atoms with E-state index in [1.165, 1.54) is 0 Å². The highest BCUT2D eigenvalue weighted by atomic mass is 16.5. The fourth-order valence-corrected chi connectivity index (χ4v) is 3.12. The number of carbonyl (C=O) groups is 2. The second kappa shape index (κ2) is 5.35. The SMILES string of the molecule is CCC1(C)NC(=O)CCN(C2CCOC(C)(C)C2)C1=O. The Hall–Kier alpha value is -1.10. The van der Waals surface area contributed by atoms with E-state index in [9.17, 15) is 9.59 Å². The van der Waals surface area contributed by atoms with Crippen molar-refractivity contribution in [3.8, 4) is 0 Å². The van der Waals surface area contributed by atoms with Crippen LogP contribution in [0.5, 0.6) is 0 Å². The number of amides is 2. The first-order chi connectivity index (χ1) is 9.27. The lowest BCUT2D eigenvalue weighted by Gasteiger charge is -2.43. The highest BCUT2D eigenvalue weighted by Crippen LogP contribution is 2.30. The molecule has 0 aromatic rings. The minimum Gasteiger partial charge on any atom is -0.375 e. The maximum absolute atomic E-state index is 12.8. The van der Waals surface area contributed by atoms with Crippen LogP contribution in [0.4, 0.5) is 0 Å². The van der Waals surface area contributed by atoms with Gasteiger partial charge in [0.15, 0.2) is 0 Å². The van der Waals surface area contributed by atoms with Gasteiger partial charge < -0.3 is 15.0 Å². The molecule has 1 N–H and O–H groups in total. The van der Waals surface area contributed by atoms with Crippen LogP contribution in [0.25, 0.3) is 0 Å². The number of ether oxygens (including phenoxy) is 1. The van der Waals surface area contributed by atoms with Gasteiger partial charge in [-0.2, -0.15) is 0 Å². The predicted octanol–water partition coefficient (Wildman–Crippen LogP) is 1.46. The van der Waals surface area contributed by atoms with Crippen LogP contribution < -0.4 is 5.32 Å². The standard InChI is InChI=1S/C15H26N2O3/c1-5-15(4)13(19)17(8-6-12(18)16-15)11-7-9-20-14(2,3)10-11/h11H,5-10H2,1-4H3,(H,16,18). The number of nitrogens with zero attached hydrogens (tertiary/aromatic N) is 1. The molecule has 5 nitrogen and oxygen atoms in total. The van der Waals surface area contributed by atoms with E-state index in [1.54, 1.807) is 0 Å². The summed E-state index contributed by atoms with van der Waals surface area (Å²) in [4.78, 5) is 26.6. The van der Waals surface area contributed by atoms with Gasteiger partial charge in [-0.3, -0.25) is 9.59 Å². The molecule has 2 rings (SSSR count). The lowest BCUT2D eigenvalue weighted by molar-refractivity contribution is -0.146. The minimum atomic E-state index is -0.768. The van der Waals surface area contributed by atoms with Crippen molar-refractivity contribution in [3.63, 3.8) is 0 Å². The molecule has 2 heterocycles. The normalized spacial score (nSPS) is 34.6. The molecule has 2 fully saturated rings. The third-order valence-electron chi connectivity index (χ3n) is 4.55. The molecule has 2 amide bonds. The molecule has 2 aliphatic heterocycles. The Morgan fingerprint density at radius 1 is 1.35 bits per heavy atom. The van der Waals surface area contributed by atoms with Crippen molar-refractivity contribution in [1.29, 1.82) is 0 Å². The molecule has 0 bridgehead atoms. The number of nitrogens with one attached hydrogen (secondary N) is 1. The maximum Gasteiger partial charge on any atom is 0.248 e. The van der Waals surface area contributed by atoms with Crippen LogP contribution in [-0.2, 0) is 14.3 Å². The first-order valence-electron chi connectivity index (χ1n) is 7.53. The molecule has 0 spiro atoms. The molecule has 5 heteroatoms. The fourth-order valence-electron chi connectivity index (χ4n) is 3.12. The van der Waals surface area contributed by atoms with Gasteiger partial charge in [-0.1, -0.05) is 6.92 Å². The zero-order chi connectivity index (χ0) is 15.0. The zero-order valence-electron chi connectivity index (χ0n) is 13.0. The summed E-state index contributed by atoms with van der Waals surface area (Å²) in [7, 11) is 0. The summed E-state index contributed by atoms with van der Waals surface area (Å²) in [5.41, 5.74) is -0.967. The molecule has 2 aliphatic rings. The molecular formula is C15H26N2O3. The van der Waals surface area contributed by atoms with Gasteiger partial charge in [0.25, 0.3) is 0 Å². The fraction of sp³-hybridized carbons (Fsp3) is 0.867. The average Bonchev–Trinajstić information content (AvgIpc) is 2.47. The van der Waals surface area contributed by atoms with E-state index in [0.717, 1.165) is 12.8 Å². The molecule has 0 aromatic heterocycles. The van der Waals surface area contributed by atoms with Crippen LogP contribution in [0.15, 0.2) is 0 Å². The Labute approximate surface area is 121 Å². The Morgan fingerprint density at radius 3 is 2.65 bits per heavy atom. The van der Waals surface area contributed by atoms with E-state index in [-0.39, 0.29) is 23.5 Å². The van der Waals surface area contributed by atoms with E-state index in [4.69, 9.17) is 4.74 Å². The zero-order valence-corrected chi connectivity index (χ0v) is 13.0. The van der Waals surface area contributed by atoms with Crippen molar-refractivity contribution >= 4 is 11.8 Å². The Balaban J connectivity index is 2.21. The molecule has 2 saturated heterocycles. The van der Waals surface area contributed by atoms with E-state index in [1.807, 2.05) is 18.7 Å². The third-order valence-corrected chi connectivity index (χ3v) is 4.55. The topological polar surface area (TPSA) is 58.6 Å². The second-order valence-corrected chi connectivity index (χ2v) is 6.74. The van der Waals surface area contributed by atoms with Crippen molar-refractivity contribution in [1.82, 2.24) is 10.2 Å². The van der Waals surface area contributed by atoms with Gasteiger partial charge in [-0.15, -0.1) is 0 Å². The minimum absolute atomic E-state index is 0.0310. The Morgan fingerprint density at radius 2 is 2.05 bits per heavy atom. The van der Waals surface area contributed by atoms with Crippen molar-refractivity contribution in [2.24, 2.45) is 0 Å². The highest BCUT2D eigenvalue weighted by molar-refractivity contribution is 5.93. The summed E-state index contributed by atoms with van der Waals surface area (Å²) in [6.45, 7) is 9.08. The summed E-state index contributed by atoms with van der Waals surface area (Å²) in [6.07, 6.45) is 2.68. The summed E-state index contributed by atoms with van der Waals surface area (Å²) >= 11 is 0. The second-order valence-electron chi connectivity index (χ2n) is 6.74. The number of hydrogen-bond acceptors (Lipinski definition) is 3. The predicted molar refractivity (Wildman–Crippen MR) is 76.2 cm³/mol. The molecule has 0 aliphatic carbocycles. The molecule has 114 valence electrons. The molecule has 0 aromatic carbocycles. The van der Waals surface area contributed by atoms with Crippen LogP contribution >= 0.6 is 0 Å². The van der Waals surface area contributed by atoms with Crippen molar-refractivity contribution < 1.29 is 14.3 Å². The van der Waals surface area contributed by atoms with Crippen molar-refractivity contribution in [2.75, 3.05) is 13.2 Å². The molecular weight excluding hydrogens is 256 g/mol. The number of rotatable bonds is 2. The van der Waals surface area contributed by atoms with Crippen LogP contribution in [-0.4, -0.2) is 47.0 Å². The van der Waals surface area contributed by atoms with E-state index in [2.05, 4.69) is 19.2 Å². The van der Waals surface area contributed by atoms with E-state index < -0.39 is 5.54 Å². The van der Waals surface area contributed by atoms with E-state index in [0.29, 0.717) is 26.0 Å². The number of hydrogen-bond donors (Lipinski definition) is 1. The maximum atomic E-state index is 12.8. The monoisotopic (exact) mass is 282 g/mol. The largest absolute Gasteiger partial charge is 0.375 e. The Bertz CT molecular complexity index is 408. The van der Waals surface area contributed by atoms with Gasteiger partial charge in [-0.05, 0) is 40.0 Å². The quantitative estimate of drug-likeness (QED) is 0.834. The van der Waals surface area contributed by atoms with Gasteiger partial charge in [-0.25, -0.2) is 0 Å². The summed E-state index contributed by atoms with van der Waals surface area (Å²) < 4.78 is 5.73. The van der Waals surface area contributed by atoms with Crippen molar-refractivity contribution in [3.05, 3.63) is 0 Å². The number of carbonyl (C=O) groups excluding carboxylic acids is 2. The van der Waals surface area contributed by atoms with Gasteiger partial charge in [0.05, 0.1) is 5.60 Å². The molecule has 0 saturated carbocycles. The first kappa shape index (κ1) is 15.3. The van der Waals surface area contributed by atoms with Crippen LogP contribution in [0, 0.1) is 0 Å². The van der Waals surface area contributed by atoms with Crippen LogP contribution in [0.3, 0.4) is 0 Å². The lowest BCUT2D eigenvalue weighted by Crippen LogP contribution is -2.58. The molecule has 2 atom stereocenters. The average molecular weight is 282 g/mol. The third kappa shape index (κ3) is 2.97. The summed E-state index contributed by atoms with van der Waals surface area (Å²) in [6, 6.07) is 0.171. The molecule has 20 heavy (non-hydrogen) atoms. The van der Waals surface area contributed by atoms with Gasteiger partial charge in [0.2, 0.25) is 11.8 Å². The molecule has 2 unspecified atom stereocenters. The molecule has 0 radical (unpaired) electrons. The van der Waals surface area contributed by atoms with Crippen LogP contribution in [0.1, 0.15) is 53.4 Å². The smallest absolute Gasteiger partial charge is 0.248 e. The van der Waals surface area contributed by atoms with E-state index >= 15 is 0 Å². The van der Waals surface area contributed by atoms with Gasteiger partial charge >= 0.3 is 0 Å². The van der Waals surface area contributed by atoms with Gasteiger partial charge in [0.1, 0.15) is 5.54 Å². The van der Waals surface area contributed by atoms with Gasteiger partial charge in [0, 0.05) is 25.6 Å². The van der Waals surface area contributed by atoms with Crippen LogP contribution in [0.2, 0.25) is 0 Å².